The van der Waals surface area contributed by atoms with Gasteiger partial charge in [-0.15, -0.1) is 0 Å². The highest BCUT2D eigenvalue weighted by Gasteiger charge is 2.10. The smallest absolute Gasteiger partial charge is 0.187 e. The second kappa shape index (κ2) is 5.90. The molecule has 0 unspecified atom stereocenters. The third-order valence-electron chi connectivity index (χ3n) is 3.29. The largest absolute Gasteiger partial charge is 0.503 e. The van der Waals surface area contributed by atoms with Crippen LogP contribution in [0.1, 0.15) is 23.6 Å². The molecule has 0 aliphatic heterocycles. The van der Waals surface area contributed by atoms with Crippen molar-refractivity contribution in [3.63, 3.8) is 0 Å². The molecule has 0 heterocycles. The van der Waals surface area contributed by atoms with E-state index in [4.69, 9.17) is 5.11 Å². The van der Waals surface area contributed by atoms with Crippen molar-refractivity contribution < 1.29 is 13.9 Å². The van der Waals surface area contributed by atoms with E-state index in [2.05, 4.69) is 12.2 Å². The Bertz CT molecular complexity index is 603. The third kappa shape index (κ3) is 2.90. The fourth-order valence-corrected chi connectivity index (χ4v) is 2.19. The average molecular weight is 277 g/mol. The Balaban J connectivity index is 2.21. The number of hydrogen-bond acceptors (Lipinski definition) is 2. The van der Waals surface area contributed by atoms with E-state index < -0.39 is 17.4 Å². The van der Waals surface area contributed by atoms with Crippen LogP contribution in [0.25, 0.3) is 0 Å². The van der Waals surface area contributed by atoms with Gasteiger partial charge < -0.3 is 10.4 Å². The molecule has 0 spiro atoms. The number of rotatable bonds is 4. The number of phenols is 1. The summed E-state index contributed by atoms with van der Waals surface area (Å²) in [5.74, 6) is -2.82. The minimum Gasteiger partial charge on any atom is -0.503 e. The summed E-state index contributed by atoms with van der Waals surface area (Å²) in [5, 5.41) is 12.3. The van der Waals surface area contributed by atoms with Gasteiger partial charge in [0.05, 0.1) is 0 Å². The molecule has 0 aliphatic carbocycles. The van der Waals surface area contributed by atoms with Crippen molar-refractivity contribution in [1.82, 2.24) is 0 Å². The number of aryl methyl sites for hydroxylation is 2. The number of benzene rings is 2. The molecule has 0 bridgehead atoms. The summed E-state index contributed by atoms with van der Waals surface area (Å²) in [4.78, 5) is 0. The normalized spacial score (nSPS) is 10.6. The molecule has 4 heteroatoms. The minimum absolute atomic E-state index is 0.298. The molecular formula is C16H17F2NO. The Labute approximate surface area is 117 Å². The highest BCUT2D eigenvalue weighted by molar-refractivity contribution is 5.57. The number of phenolic OH excluding ortho intramolecular Hbond substituents is 1. The molecule has 2 aromatic carbocycles. The first-order valence-electron chi connectivity index (χ1n) is 6.52. The van der Waals surface area contributed by atoms with Crippen LogP contribution in [0.4, 0.5) is 14.5 Å². The van der Waals surface area contributed by atoms with Crippen LogP contribution in [0.3, 0.4) is 0 Å². The van der Waals surface area contributed by atoms with Gasteiger partial charge in [-0.2, -0.15) is 0 Å². The first kappa shape index (κ1) is 14.3. The molecule has 20 heavy (non-hydrogen) atoms. The van der Waals surface area contributed by atoms with E-state index >= 15 is 0 Å². The van der Waals surface area contributed by atoms with Crippen molar-refractivity contribution in [2.75, 3.05) is 5.32 Å². The van der Waals surface area contributed by atoms with Gasteiger partial charge in [0, 0.05) is 12.2 Å². The summed E-state index contributed by atoms with van der Waals surface area (Å²) >= 11 is 0. The van der Waals surface area contributed by atoms with Gasteiger partial charge in [0.15, 0.2) is 17.4 Å². The van der Waals surface area contributed by atoms with E-state index in [9.17, 15) is 8.78 Å². The van der Waals surface area contributed by atoms with Gasteiger partial charge in [-0.05, 0) is 42.2 Å². The van der Waals surface area contributed by atoms with Crippen molar-refractivity contribution in [3.05, 3.63) is 58.7 Å². The molecule has 0 fully saturated rings. The molecule has 0 radical (unpaired) electrons. The zero-order valence-electron chi connectivity index (χ0n) is 11.5. The maximum absolute atomic E-state index is 13.3. The minimum atomic E-state index is -0.942. The van der Waals surface area contributed by atoms with Crippen molar-refractivity contribution in [1.29, 1.82) is 0 Å². The standard InChI is InChI=1S/C16H17F2NO/c1-3-12-6-4-5-10(2)15(12)19-9-11-7-13(17)16(20)14(18)8-11/h4-8,19-20H,3,9H2,1-2H3. The van der Waals surface area contributed by atoms with Crippen molar-refractivity contribution >= 4 is 5.69 Å². The summed E-state index contributed by atoms with van der Waals surface area (Å²) < 4.78 is 26.5. The lowest BCUT2D eigenvalue weighted by Gasteiger charge is -2.14. The average Bonchev–Trinajstić information content (AvgIpc) is 2.43. The Kier molecular flexibility index (Phi) is 4.23. The molecule has 2 aromatic rings. The van der Waals surface area contributed by atoms with E-state index in [1.807, 2.05) is 25.1 Å². The van der Waals surface area contributed by atoms with Gasteiger partial charge in [0.1, 0.15) is 0 Å². The number of aromatic hydroxyl groups is 1. The molecule has 2 rings (SSSR count). The lowest BCUT2D eigenvalue weighted by molar-refractivity contribution is 0.395. The Hall–Kier alpha value is -2.10. The quantitative estimate of drug-likeness (QED) is 0.879. The summed E-state index contributed by atoms with van der Waals surface area (Å²) in [5.41, 5.74) is 3.68. The van der Waals surface area contributed by atoms with E-state index in [0.29, 0.717) is 12.1 Å². The number of para-hydroxylation sites is 1. The molecule has 2 N–H and O–H groups in total. The van der Waals surface area contributed by atoms with Crippen molar-refractivity contribution in [3.8, 4) is 5.75 Å². The van der Waals surface area contributed by atoms with E-state index in [1.54, 1.807) is 0 Å². The molecule has 106 valence electrons. The van der Waals surface area contributed by atoms with Crippen LogP contribution < -0.4 is 5.32 Å². The molecule has 0 aromatic heterocycles. The highest BCUT2D eigenvalue weighted by Crippen LogP contribution is 2.24. The zero-order valence-corrected chi connectivity index (χ0v) is 11.5. The predicted octanol–water partition coefficient (Wildman–Crippen LogP) is 4.15. The molecular weight excluding hydrogens is 260 g/mol. The number of hydrogen-bond donors (Lipinski definition) is 2. The van der Waals surface area contributed by atoms with Crippen LogP contribution in [0.15, 0.2) is 30.3 Å². The second-order valence-electron chi connectivity index (χ2n) is 4.72. The summed E-state index contributed by atoms with van der Waals surface area (Å²) in [6.45, 7) is 4.34. The lowest BCUT2D eigenvalue weighted by atomic mass is 10.1. The van der Waals surface area contributed by atoms with Gasteiger partial charge in [-0.1, -0.05) is 25.1 Å². The van der Waals surface area contributed by atoms with Crippen LogP contribution in [-0.4, -0.2) is 5.11 Å². The maximum atomic E-state index is 13.3. The van der Waals surface area contributed by atoms with Crippen LogP contribution >= 0.6 is 0 Å². The van der Waals surface area contributed by atoms with E-state index in [1.165, 1.54) is 0 Å². The topological polar surface area (TPSA) is 32.3 Å². The van der Waals surface area contributed by atoms with Crippen molar-refractivity contribution in [2.45, 2.75) is 26.8 Å². The fourth-order valence-electron chi connectivity index (χ4n) is 2.19. The van der Waals surface area contributed by atoms with Crippen LogP contribution in [0.5, 0.6) is 5.75 Å². The molecule has 0 saturated carbocycles. The van der Waals surface area contributed by atoms with Gasteiger partial charge >= 0.3 is 0 Å². The Morgan fingerprint density at radius 2 is 1.80 bits per heavy atom. The first-order valence-corrected chi connectivity index (χ1v) is 6.52. The summed E-state index contributed by atoms with van der Waals surface area (Å²) in [6, 6.07) is 8.26. The predicted molar refractivity (Wildman–Crippen MR) is 75.9 cm³/mol. The van der Waals surface area contributed by atoms with Gasteiger partial charge in [0.25, 0.3) is 0 Å². The molecule has 2 nitrogen and oxygen atoms in total. The van der Waals surface area contributed by atoms with Gasteiger partial charge in [-0.3, -0.25) is 0 Å². The maximum Gasteiger partial charge on any atom is 0.187 e. The number of halogens is 2. The monoisotopic (exact) mass is 277 g/mol. The number of anilines is 1. The van der Waals surface area contributed by atoms with Crippen LogP contribution in [0, 0.1) is 18.6 Å². The second-order valence-corrected chi connectivity index (χ2v) is 4.72. The summed E-state index contributed by atoms with van der Waals surface area (Å²) in [6.07, 6.45) is 0.877. The molecule has 0 aliphatic rings. The van der Waals surface area contributed by atoms with E-state index in [-0.39, 0.29) is 0 Å². The van der Waals surface area contributed by atoms with Crippen LogP contribution in [-0.2, 0) is 13.0 Å². The van der Waals surface area contributed by atoms with Crippen molar-refractivity contribution in [2.24, 2.45) is 0 Å². The third-order valence-corrected chi connectivity index (χ3v) is 3.29. The van der Waals surface area contributed by atoms with Gasteiger partial charge in [0.2, 0.25) is 0 Å². The Morgan fingerprint density at radius 1 is 1.15 bits per heavy atom. The number of nitrogens with one attached hydrogen (secondary N) is 1. The van der Waals surface area contributed by atoms with Crippen LogP contribution in [0.2, 0.25) is 0 Å². The highest BCUT2D eigenvalue weighted by atomic mass is 19.1. The molecule has 0 amide bonds. The molecule has 0 atom stereocenters. The first-order chi connectivity index (χ1) is 9.52. The fraction of sp³-hybridized carbons (Fsp3) is 0.250. The summed E-state index contributed by atoms with van der Waals surface area (Å²) in [7, 11) is 0. The Morgan fingerprint density at radius 3 is 2.40 bits per heavy atom. The zero-order chi connectivity index (χ0) is 14.7. The lowest BCUT2D eigenvalue weighted by Crippen LogP contribution is -2.05. The SMILES string of the molecule is CCc1cccc(C)c1NCc1cc(F)c(O)c(F)c1. The van der Waals surface area contributed by atoms with E-state index in [0.717, 1.165) is 35.4 Å². The van der Waals surface area contributed by atoms with Gasteiger partial charge in [-0.25, -0.2) is 8.78 Å². The molecule has 0 saturated heterocycles.